The standard InChI is InChI=1S/C28H39NO5/c1-4-5-6-7-8-9-10-11-28(30)29(20-23-13-15-25-27(19-23)34-21-33-25)17-16-22-12-14-24(31-2)26(18-22)32-3/h12-15,18-19H,4-11,16-17,20-21H2,1-3H3. The van der Waals surface area contributed by atoms with E-state index >= 15 is 0 Å². The number of hydrogen-bond donors (Lipinski definition) is 0. The first-order valence-electron chi connectivity index (χ1n) is 12.5. The Labute approximate surface area is 204 Å². The van der Waals surface area contributed by atoms with Gasteiger partial charge in [0, 0.05) is 19.5 Å². The zero-order valence-corrected chi connectivity index (χ0v) is 20.9. The Morgan fingerprint density at radius 3 is 2.32 bits per heavy atom. The predicted molar refractivity (Wildman–Crippen MR) is 134 cm³/mol. The van der Waals surface area contributed by atoms with Crippen LogP contribution in [0.1, 0.15) is 69.4 Å². The SMILES string of the molecule is CCCCCCCCCC(=O)N(CCc1ccc(OC)c(OC)c1)Cc1ccc2c(c1)OCO2. The number of amides is 1. The van der Waals surface area contributed by atoms with Crippen molar-refractivity contribution in [2.45, 2.75) is 71.3 Å². The van der Waals surface area contributed by atoms with Gasteiger partial charge in [0.25, 0.3) is 0 Å². The average molecular weight is 470 g/mol. The third-order valence-corrected chi connectivity index (χ3v) is 6.28. The van der Waals surface area contributed by atoms with Crippen molar-refractivity contribution >= 4 is 5.91 Å². The Kier molecular flexibility index (Phi) is 10.4. The molecule has 0 saturated carbocycles. The van der Waals surface area contributed by atoms with Gasteiger partial charge in [0.05, 0.1) is 14.2 Å². The van der Waals surface area contributed by atoms with Crippen molar-refractivity contribution in [2.24, 2.45) is 0 Å². The van der Waals surface area contributed by atoms with Crippen LogP contribution in [-0.2, 0) is 17.8 Å². The molecule has 0 radical (unpaired) electrons. The van der Waals surface area contributed by atoms with E-state index in [4.69, 9.17) is 18.9 Å². The minimum absolute atomic E-state index is 0.201. The highest BCUT2D eigenvalue weighted by molar-refractivity contribution is 5.76. The second-order valence-electron chi connectivity index (χ2n) is 8.81. The second kappa shape index (κ2) is 13.7. The van der Waals surface area contributed by atoms with Crippen LogP contribution >= 0.6 is 0 Å². The summed E-state index contributed by atoms with van der Waals surface area (Å²) in [6.45, 7) is 3.67. The Morgan fingerprint density at radius 1 is 0.853 bits per heavy atom. The van der Waals surface area contributed by atoms with Gasteiger partial charge in [-0.1, -0.05) is 57.6 Å². The molecule has 1 amide bonds. The molecule has 0 spiro atoms. The van der Waals surface area contributed by atoms with Crippen LogP contribution in [0.25, 0.3) is 0 Å². The number of carbonyl (C=O) groups is 1. The predicted octanol–water partition coefficient (Wildman–Crippen LogP) is 6.14. The first kappa shape index (κ1) is 25.7. The van der Waals surface area contributed by atoms with Gasteiger partial charge in [0.15, 0.2) is 23.0 Å². The summed E-state index contributed by atoms with van der Waals surface area (Å²) in [5, 5.41) is 0. The summed E-state index contributed by atoms with van der Waals surface area (Å²) >= 11 is 0. The smallest absolute Gasteiger partial charge is 0.231 e. The molecule has 6 nitrogen and oxygen atoms in total. The van der Waals surface area contributed by atoms with Crippen LogP contribution in [0.5, 0.6) is 23.0 Å². The van der Waals surface area contributed by atoms with Gasteiger partial charge in [-0.25, -0.2) is 0 Å². The molecule has 0 aromatic heterocycles. The number of rotatable bonds is 15. The summed E-state index contributed by atoms with van der Waals surface area (Å²) in [5.74, 6) is 3.12. The van der Waals surface area contributed by atoms with Gasteiger partial charge in [-0.05, 0) is 48.2 Å². The lowest BCUT2D eigenvalue weighted by molar-refractivity contribution is -0.131. The van der Waals surface area contributed by atoms with Crippen molar-refractivity contribution in [1.29, 1.82) is 0 Å². The molecule has 186 valence electrons. The molecule has 0 N–H and O–H groups in total. The summed E-state index contributed by atoms with van der Waals surface area (Å²) in [4.78, 5) is 15.2. The highest BCUT2D eigenvalue weighted by Crippen LogP contribution is 2.33. The Bertz CT molecular complexity index is 914. The van der Waals surface area contributed by atoms with Crippen molar-refractivity contribution in [2.75, 3.05) is 27.6 Å². The maximum absolute atomic E-state index is 13.2. The minimum atomic E-state index is 0.201. The van der Waals surface area contributed by atoms with Crippen molar-refractivity contribution in [3.8, 4) is 23.0 Å². The van der Waals surface area contributed by atoms with E-state index in [-0.39, 0.29) is 12.7 Å². The summed E-state index contributed by atoms with van der Waals surface area (Å²) in [7, 11) is 3.27. The van der Waals surface area contributed by atoms with E-state index in [1.807, 2.05) is 41.3 Å². The van der Waals surface area contributed by atoms with Crippen molar-refractivity contribution in [3.63, 3.8) is 0 Å². The van der Waals surface area contributed by atoms with Crippen LogP contribution in [-0.4, -0.2) is 38.4 Å². The molecule has 3 rings (SSSR count). The highest BCUT2D eigenvalue weighted by atomic mass is 16.7. The van der Waals surface area contributed by atoms with Gasteiger partial charge in [0.2, 0.25) is 12.7 Å². The normalized spacial score (nSPS) is 12.0. The molecular formula is C28H39NO5. The fraction of sp³-hybridized carbons (Fsp3) is 0.536. The van der Waals surface area contributed by atoms with E-state index in [0.29, 0.717) is 31.0 Å². The topological polar surface area (TPSA) is 57.2 Å². The molecule has 1 aliphatic heterocycles. The molecule has 2 aromatic carbocycles. The zero-order chi connectivity index (χ0) is 24.2. The first-order chi connectivity index (χ1) is 16.6. The molecule has 34 heavy (non-hydrogen) atoms. The Morgan fingerprint density at radius 2 is 1.56 bits per heavy atom. The monoisotopic (exact) mass is 469 g/mol. The maximum atomic E-state index is 13.2. The number of methoxy groups -OCH3 is 2. The largest absolute Gasteiger partial charge is 0.493 e. The summed E-state index contributed by atoms with van der Waals surface area (Å²) in [5.41, 5.74) is 2.15. The fourth-order valence-electron chi connectivity index (χ4n) is 4.24. The van der Waals surface area contributed by atoms with Gasteiger partial charge >= 0.3 is 0 Å². The van der Waals surface area contributed by atoms with Gasteiger partial charge in [-0.3, -0.25) is 4.79 Å². The van der Waals surface area contributed by atoms with Crippen LogP contribution in [0, 0.1) is 0 Å². The molecule has 2 aromatic rings. The molecule has 0 unspecified atom stereocenters. The Balaban J connectivity index is 1.60. The van der Waals surface area contributed by atoms with E-state index in [2.05, 4.69) is 6.92 Å². The number of fused-ring (bicyclic) bond motifs is 1. The second-order valence-corrected chi connectivity index (χ2v) is 8.81. The molecule has 1 heterocycles. The van der Waals surface area contributed by atoms with E-state index in [0.717, 1.165) is 41.9 Å². The number of hydrogen-bond acceptors (Lipinski definition) is 5. The number of carbonyl (C=O) groups excluding carboxylic acids is 1. The number of benzene rings is 2. The highest BCUT2D eigenvalue weighted by Gasteiger charge is 2.18. The van der Waals surface area contributed by atoms with Crippen LogP contribution in [0.2, 0.25) is 0 Å². The quantitative estimate of drug-likeness (QED) is 0.293. The third-order valence-electron chi connectivity index (χ3n) is 6.28. The van der Waals surface area contributed by atoms with Crippen LogP contribution in [0.15, 0.2) is 36.4 Å². The molecule has 1 aliphatic rings. The van der Waals surface area contributed by atoms with Gasteiger partial charge < -0.3 is 23.8 Å². The summed E-state index contributed by atoms with van der Waals surface area (Å²) < 4.78 is 21.7. The lowest BCUT2D eigenvalue weighted by atomic mass is 10.1. The molecule has 6 heteroatoms. The maximum Gasteiger partial charge on any atom is 0.231 e. The molecule has 0 bridgehead atoms. The third kappa shape index (κ3) is 7.57. The minimum Gasteiger partial charge on any atom is -0.493 e. The van der Waals surface area contributed by atoms with Crippen molar-refractivity contribution in [3.05, 3.63) is 47.5 Å². The van der Waals surface area contributed by atoms with E-state index in [1.54, 1.807) is 14.2 Å². The molecular weight excluding hydrogens is 430 g/mol. The molecule has 0 saturated heterocycles. The van der Waals surface area contributed by atoms with Crippen molar-refractivity contribution < 1.29 is 23.7 Å². The molecule has 0 fully saturated rings. The number of nitrogens with zero attached hydrogens (tertiary/aromatic N) is 1. The average Bonchev–Trinajstić information content (AvgIpc) is 3.33. The lowest BCUT2D eigenvalue weighted by Crippen LogP contribution is -2.32. The van der Waals surface area contributed by atoms with E-state index in [1.165, 1.54) is 32.1 Å². The Hall–Kier alpha value is -2.89. The van der Waals surface area contributed by atoms with Gasteiger partial charge in [0.1, 0.15) is 0 Å². The molecule has 0 atom stereocenters. The van der Waals surface area contributed by atoms with Crippen molar-refractivity contribution in [1.82, 2.24) is 4.90 Å². The summed E-state index contributed by atoms with van der Waals surface area (Å²) in [6.07, 6.45) is 9.72. The number of unbranched alkanes of at least 4 members (excludes halogenated alkanes) is 6. The van der Waals surface area contributed by atoms with Gasteiger partial charge in [-0.15, -0.1) is 0 Å². The van der Waals surface area contributed by atoms with E-state index in [9.17, 15) is 4.79 Å². The van der Waals surface area contributed by atoms with Crippen LogP contribution < -0.4 is 18.9 Å². The fourth-order valence-corrected chi connectivity index (χ4v) is 4.24. The first-order valence-corrected chi connectivity index (χ1v) is 12.5. The van der Waals surface area contributed by atoms with Gasteiger partial charge in [-0.2, -0.15) is 0 Å². The van der Waals surface area contributed by atoms with E-state index < -0.39 is 0 Å². The lowest BCUT2D eigenvalue weighted by Gasteiger charge is -2.23. The summed E-state index contributed by atoms with van der Waals surface area (Å²) in [6, 6.07) is 11.8. The van der Waals surface area contributed by atoms with Crippen LogP contribution in [0.3, 0.4) is 0 Å². The van der Waals surface area contributed by atoms with Crippen LogP contribution in [0.4, 0.5) is 0 Å². The number of ether oxygens (including phenoxy) is 4. The zero-order valence-electron chi connectivity index (χ0n) is 20.9. The molecule has 0 aliphatic carbocycles.